The Kier molecular flexibility index (Phi) is 2.51. The molecule has 0 amide bonds. The van der Waals surface area contributed by atoms with E-state index in [1.165, 1.54) is 0 Å². The number of aromatic amines is 1. The Morgan fingerprint density at radius 1 is 1.60 bits per heavy atom. The van der Waals surface area contributed by atoms with Gasteiger partial charge in [-0.25, -0.2) is 0 Å². The first-order valence-electron chi connectivity index (χ1n) is 4.48. The molecule has 15 heavy (non-hydrogen) atoms. The van der Waals surface area contributed by atoms with Gasteiger partial charge in [-0.05, 0) is 31.3 Å². The van der Waals surface area contributed by atoms with Crippen LogP contribution in [0.25, 0.3) is 0 Å². The Labute approximate surface area is 92.1 Å². The molecular formula is C9H11N5S. The summed E-state index contributed by atoms with van der Waals surface area (Å²) in [6.45, 7) is 1.84. The average Bonchev–Trinajstić information content (AvgIpc) is 2.73. The van der Waals surface area contributed by atoms with Crippen molar-refractivity contribution in [1.29, 1.82) is 0 Å². The first-order chi connectivity index (χ1) is 7.18. The van der Waals surface area contributed by atoms with Gasteiger partial charge in [0.2, 0.25) is 4.77 Å². The molecule has 5 nitrogen and oxygen atoms in total. The summed E-state index contributed by atoms with van der Waals surface area (Å²) in [5.74, 6) is 0.741. The van der Waals surface area contributed by atoms with E-state index in [0.29, 0.717) is 4.77 Å². The molecule has 0 unspecified atom stereocenters. The third kappa shape index (κ3) is 1.89. The predicted molar refractivity (Wildman–Crippen MR) is 60.6 cm³/mol. The zero-order chi connectivity index (χ0) is 10.8. The van der Waals surface area contributed by atoms with Gasteiger partial charge in [0.05, 0.1) is 11.9 Å². The summed E-state index contributed by atoms with van der Waals surface area (Å²) in [6, 6.07) is 3.94. The highest BCUT2D eigenvalue weighted by Gasteiger charge is 1.97. The molecule has 0 radical (unpaired) electrons. The van der Waals surface area contributed by atoms with Crippen molar-refractivity contribution < 1.29 is 0 Å². The Balaban J connectivity index is 2.34. The van der Waals surface area contributed by atoms with Crippen LogP contribution in [-0.4, -0.2) is 25.7 Å². The van der Waals surface area contributed by atoms with E-state index in [1.54, 1.807) is 10.9 Å². The van der Waals surface area contributed by atoms with E-state index in [-0.39, 0.29) is 0 Å². The van der Waals surface area contributed by atoms with Gasteiger partial charge in [-0.15, -0.1) is 0 Å². The molecule has 0 saturated carbocycles. The number of hydrogen-bond donors (Lipinski definition) is 1. The molecule has 0 spiro atoms. The van der Waals surface area contributed by atoms with Gasteiger partial charge >= 0.3 is 0 Å². The minimum absolute atomic E-state index is 0.498. The van der Waals surface area contributed by atoms with Crippen molar-refractivity contribution in [2.24, 2.45) is 12.1 Å². The zero-order valence-electron chi connectivity index (χ0n) is 8.51. The van der Waals surface area contributed by atoms with E-state index < -0.39 is 0 Å². The molecule has 2 aromatic heterocycles. The second-order valence-electron chi connectivity index (χ2n) is 3.18. The number of nitrogens with one attached hydrogen (secondary N) is 1. The number of aromatic nitrogens is 4. The molecule has 0 aliphatic rings. The maximum atomic E-state index is 5.02. The lowest BCUT2D eigenvalue weighted by atomic mass is 10.5. The molecule has 0 aromatic carbocycles. The van der Waals surface area contributed by atoms with Crippen molar-refractivity contribution in [3.63, 3.8) is 0 Å². The molecule has 0 fully saturated rings. The zero-order valence-corrected chi connectivity index (χ0v) is 9.32. The van der Waals surface area contributed by atoms with E-state index in [1.807, 2.05) is 36.9 Å². The summed E-state index contributed by atoms with van der Waals surface area (Å²) in [5.41, 5.74) is 1.01. The molecule has 0 bridgehead atoms. The molecule has 2 aromatic rings. The number of H-pyrrole nitrogens is 1. The molecular weight excluding hydrogens is 210 g/mol. The van der Waals surface area contributed by atoms with E-state index in [9.17, 15) is 0 Å². The Hall–Kier alpha value is -1.69. The van der Waals surface area contributed by atoms with Gasteiger partial charge in [-0.3, -0.25) is 5.10 Å². The highest BCUT2D eigenvalue weighted by molar-refractivity contribution is 7.71. The summed E-state index contributed by atoms with van der Waals surface area (Å²) in [6.07, 6.45) is 3.71. The topological polar surface area (TPSA) is 50.9 Å². The lowest BCUT2D eigenvalue weighted by Gasteiger charge is -1.96. The Morgan fingerprint density at radius 2 is 2.40 bits per heavy atom. The van der Waals surface area contributed by atoms with Gasteiger partial charge in [-0.2, -0.15) is 14.9 Å². The lowest BCUT2D eigenvalue weighted by Crippen LogP contribution is -1.97. The van der Waals surface area contributed by atoms with Gasteiger partial charge < -0.3 is 4.57 Å². The van der Waals surface area contributed by atoms with Crippen molar-refractivity contribution >= 4 is 18.4 Å². The maximum absolute atomic E-state index is 5.02. The molecule has 0 aliphatic heterocycles. The second kappa shape index (κ2) is 3.82. The van der Waals surface area contributed by atoms with E-state index in [0.717, 1.165) is 11.5 Å². The van der Waals surface area contributed by atoms with E-state index in [4.69, 9.17) is 12.2 Å². The van der Waals surface area contributed by atoms with Crippen molar-refractivity contribution in [2.45, 2.75) is 6.92 Å². The Bertz CT molecular complexity index is 545. The van der Waals surface area contributed by atoms with Crippen molar-refractivity contribution in [2.75, 3.05) is 0 Å². The minimum Gasteiger partial charge on any atom is -0.350 e. The van der Waals surface area contributed by atoms with E-state index >= 15 is 0 Å². The van der Waals surface area contributed by atoms with Gasteiger partial charge in [0, 0.05) is 13.2 Å². The fourth-order valence-corrected chi connectivity index (χ4v) is 1.46. The SMILES string of the molecule is Cc1n[nH]c(=S)n1N=Cc1cccn1C. The normalized spacial score (nSPS) is 11.3. The van der Waals surface area contributed by atoms with Crippen molar-refractivity contribution in [3.8, 4) is 0 Å². The number of rotatable bonds is 2. The fraction of sp³-hybridized carbons (Fsp3) is 0.222. The van der Waals surface area contributed by atoms with Gasteiger partial charge in [0.15, 0.2) is 0 Å². The van der Waals surface area contributed by atoms with Crippen LogP contribution in [0.1, 0.15) is 11.5 Å². The first kappa shape index (κ1) is 9.85. The lowest BCUT2D eigenvalue weighted by molar-refractivity contribution is 0.816. The molecule has 0 atom stereocenters. The number of hydrogen-bond acceptors (Lipinski definition) is 3. The van der Waals surface area contributed by atoms with Gasteiger partial charge in [-0.1, -0.05) is 0 Å². The summed E-state index contributed by atoms with van der Waals surface area (Å²) in [7, 11) is 1.96. The monoisotopic (exact) mass is 221 g/mol. The molecule has 0 aliphatic carbocycles. The first-order valence-corrected chi connectivity index (χ1v) is 4.89. The smallest absolute Gasteiger partial charge is 0.216 e. The van der Waals surface area contributed by atoms with Crippen LogP contribution in [-0.2, 0) is 7.05 Å². The van der Waals surface area contributed by atoms with Crippen LogP contribution in [0.5, 0.6) is 0 Å². The molecule has 1 N–H and O–H groups in total. The Morgan fingerprint density at radius 3 is 2.93 bits per heavy atom. The maximum Gasteiger partial charge on any atom is 0.216 e. The second-order valence-corrected chi connectivity index (χ2v) is 3.56. The summed E-state index contributed by atoms with van der Waals surface area (Å²) >= 11 is 5.02. The molecule has 2 heterocycles. The fourth-order valence-electron chi connectivity index (χ4n) is 1.23. The highest BCUT2D eigenvalue weighted by atomic mass is 32.1. The van der Waals surface area contributed by atoms with E-state index in [2.05, 4.69) is 15.3 Å². The van der Waals surface area contributed by atoms with Crippen molar-refractivity contribution in [3.05, 3.63) is 34.6 Å². The van der Waals surface area contributed by atoms with Crippen LogP contribution in [0.4, 0.5) is 0 Å². The van der Waals surface area contributed by atoms with Crippen molar-refractivity contribution in [1.82, 2.24) is 19.4 Å². The largest absolute Gasteiger partial charge is 0.350 e. The molecule has 78 valence electrons. The molecule has 6 heteroatoms. The van der Waals surface area contributed by atoms with Crippen LogP contribution in [0, 0.1) is 11.7 Å². The average molecular weight is 221 g/mol. The van der Waals surface area contributed by atoms with Gasteiger partial charge in [0.1, 0.15) is 5.82 Å². The molecule has 0 saturated heterocycles. The number of aryl methyl sites for hydroxylation is 2. The van der Waals surface area contributed by atoms with Crippen LogP contribution >= 0.6 is 12.2 Å². The molecule has 2 rings (SSSR count). The summed E-state index contributed by atoms with van der Waals surface area (Å²) < 4.78 is 4.06. The van der Waals surface area contributed by atoms with Gasteiger partial charge in [0.25, 0.3) is 0 Å². The highest BCUT2D eigenvalue weighted by Crippen LogP contribution is 1.98. The van der Waals surface area contributed by atoms with Crippen LogP contribution in [0.15, 0.2) is 23.4 Å². The quantitative estimate of drug-likeness (QED) is 0.616. The standard InChI is InChI=1S/C9H11N5S/c1-7-11-12-9(15)14(7)10-6-8-4-3-5-13(8)2/h3-6H,1-2H3,(H,12,15). The third-order valence-corrected chi connectivity index (χ3v) is 2.37. The third-order valence-electron chi connectivity index (χ3n) is 2.10. The van der Waals surface area contributed by atoms with Crippen LogP contribution < -0.4 is 0 Å². The van der Waals surface area contributed by atoms with Crippen LogP contribution in [0.3, 0.4) is 0 Å². The van der Waals surface area contributed by atoms with Crippen LogP contribution in [0.2, 0.25) is 0 Å². The minimum atomic E-state index is 0.498. The summed E-state index contributed by atoms with van der Waals surface area (Å²) in [4.78, 5) is 0. The number of nitrogens with zero attached hydrogens (tertiary/aromatic N) is 4. The summed E-state index contributed by atoms with van der Waals surface area (Å²) in [5, 5.41) is 10.9. The predicted octanol–water partition coefficient (Wildman–Crippen LogP) is 1.47.